The predicted octanol–water partition coefficient (Wildman–Crippen LogP) is 0.456. The number of carbonyl (C=O) groups is 2. The van der Waals surface area contributed by atoms with Gasteiger partial charge in [0, 0.05) is 0 Å². The molecule has 1 rings (SSSR count). The van der Waals surface area contributed by atoms with Crippen LogP contribution in [0.4, 0.5) is 0 Å². The summed E-state index contributed by atoms with van der Waals surface area (Å²) in [5, 5.41) is 0. The molecule has 9 heteroatoms. The van der Waals surface area contributed by atoms with Crippen LogP contribution in [0.25, 0.3) is 0 Å². The number of carbonyl (C=O) groups excluding carboxylic acids is 2. The molecule has 1 N–H and O–H groups in total. The standard InChI is InChI=1S/C18H26O7S.Li.H/c1-5-12(3)10-24-17(19)14-7-8-15(16(9-14)26(21,22)23)18(20)25-11-13(4)6-2;;/h7-9,12-13H,5-6,10-11H2,1-4H3,(H,21,22,23);;/q;+1;-1. The first-order valence-corrected chi connectivity index (χ1v) is 9.99. The molecule has 1 aromatic rings. The number of hydrogen-bond donors (Lipinski definition) is 1. The molecule has 0 fully saturated rings. The van der Waals surface area contributed by atoms with Crippen molar-refractivity contribution in [3.8, 4) is 0 Å². The Hall–Kier alpha value is -1.33. The topological polar surface area (TPSA) is 107 Å². The molecule has 2 atom stereocenters. The first-order chi connectivity index (χ1) is 12.1. The molecule has 0 saturated carbocycles. The van der Waals surface area contributed by atoms with Gasteiger partial charge < -0.3 is 10.9 Å². The SMILES string of the molecule is CCC(C)COC(=O)c1ccc(C(=O)OCC(C)CC)c(S(=O)(=O)O)c1.[H-].[Li+]. The molecule has 1 aromatic carbocycles. The van der Waals surface area contributed by atoms with Crippen molar-refractivity contribution in [1.82, 2.24) is 0 Å². The average molecular weight is 394 g/mol. The largest absolute Gasteiger partial charge is 1.00 e. The summed E-state index contributed by atoms with van der Waals surface area (Å²) in [4.78, 5) is 23.5. The summed E-state index contributed by atoms with van der Waals surface area (Å²) >= 11 is 0. The van der Waals surface area contributed by atoms with Gasteiger partial charge in [0.15, 0.2) is 0 Å². The Balaban J connectivity index is 0. The van der Waals surface area contributed by atoms with Crippen LogP contribution in [0.1, 0.15) is 62.7 Å². The van der Waals surface area contributed by atoms with Crippen molar-refractivity contribution in [3.05, 3.63) is 29.3 Å². The van der Waals surface area contributed by atoms with Crippen molar-refractivity contribution in [1.29, 1.82) is 0 Å². The number of rotatable bonds is 9. The fourth-order valence-corrected chi connectivity index (χ4v) is 2.57. The summed E-state index contributed by atoms with van der Waals surface area (Å²) < 4.78 is 42.9. The van der Waals surface area contributed by atoms with E-state index in [2.05, 4.69) is 0 Å². The van der Waals surface area contributed by atoms with Crippen molar-refractivity contribution in [2.24, 2.45) is 11.8 Å². The molecule has 0 heterocycles. The minimum Gasteiger partial charge on any atom is -1.00 e. The van der Waals surface area contributed by atoms with Gasteiger partial charge in [-0.3, -0.25) is 4.55 Å². The first kappa shape index (κ1) is 25.7. The molecule has 2 unspecified atom stereocenters. The maximum Gasteiger partial charge on any atom is 1.00 e. The van der Waals surface area contributed by atoms with E-state index in [0.29, 0.717) is 0 Å². The van der Waals surface area contributed by atoms with Gasteiger partial charge in [-0.2, -0.15) is 8.42 Å². The van der Waals surface area contributed by atoms with Gasteiger partial charge in [0.25, 0.3) is 10.1 Å². The van der Waals surface area contributed by atoms with E-state index in [-0.39, 0.29) is 56.5 Å². The first-order valence-electron chi connectivity index (χ1n) is 8.55. The van der Waals surface area contributed by atoms with Gasteiger partial charge in [-0.05, 0) is 30.0 Å². The molecular formula is C18H27LiO7S. The summed E-state index contributed by atoms with van der Waals surface area (Å²) in [5.41, 5.74) is -0.395. The Kier molecular flexibility index (Phi) is 10.9. The van der Waals surface area contributed by atoms with Crippen LogP contribution in [0.15, 0.2) is 23.1 Å². The van der Waals surface area contributed by atoms with Crippen LogP contribution < -0.4 is 18.9 Å². The van der Waals surface area contributed by atoms with Crippen molar-refractivity contribution >= 4 is 22.1 Å². The van der Waals surface area contributed by atoms with Gasteiger partial charge in [-0.1, -0.05) is 40.5 Å². The predicted molar refractivity (Wildman–Crippen MR) is 96.8 cm³/mol. The third-order valence-corrected chi connectivity index (χ3v) is 5.00. The average Bonchev–Trinajstić information content (AvgIpc) is 2.62. The molecule has 7 nitrogen and oxygen atoms in total. The molecule has 0 saturated heterocycles. The smallest absolute Gasteiger partial charge is 1.00 e. The molecule has 0 radical (unpaired) electrons. The molecule has 0 amide bonds. The molecule has 0 spiro atoms. The van der Waals surface area contributed by atoms with Crippen LogP contribution in [0.5, 0.6) is 0 Å². The van der Waals surface area contributed by atoms with Crippen molar-refractivity contribution < 1.29 is 52.3 Å². The van der Waals surface area contributed by atoms with Gasteiger partial charge >= 0.3 is 30.8 Å². The minimum atomic E-state index is -4.72. The summed E-state index contributed by atoms with van der Waals surface area (Å²) in [6.07, 6.45) is 1.61. The normalized spacial score (nSPS) is 13.2. The monoisotopic (exact) mass is 394 g/mol. The minimum absolute atomic E-state index is 0. The van der Waals surface area contributed by atoms with Crippen molar-refractivity contribution in [2.45, 2.75) is 45.4 Å². The van der Waals surface area contributed by atoms with Crippen molar-refractivity contribution in [3.63, 3.8) is 0 Å². The van der Waals surface area contributed by atoms with E-state index in [0.717, 1.165) is 25.0 Å². The third kappa shape index (κ3) is 8.05. The van der Waals surface area contributed by atoms with Gasteiger partial charge in [0.1, 0.15) is 4.90 Å². The summed E-state index contributed by atoms with van der Waals surface area (Å²) in [5.74, 6) is -1.33. The Morgan fingerprint density at radius 1 is 1.04 bits per heavy atom. The van der Waals surface area contributed by atoms with E-state index in [1.54, 1.807) is 0 Å². The fraction of sp³-hybridized carbons (Fsp3) is 0.556. The van der Waals surface area contributed by atoms with Crippen LogP contribution in [-0.4, -0.2) is 38.1 Å². The van der Waals surface area contributed by atoms with Gasteiger partial charge in [0.2, 0.25) is 0 Å². The zero-order valence-corrected chi connectivity index (χ0v) is 17.3. The van der Waals surface area contributed by atoms with Crippen LogP contribution >= 0.6 is 0 Å². The van der Waals surface area contributed by atoms with Crippen LogP contribution in [0.3, 0.4) is 0 Å². The zero-order chi connectivity index (χ0) is 19.9. The molecule has 0 aliphatic rings. The number of hydrogen-bond acceptors (Lipinski definition) is 6. The molecule has 0 aromatic heterocycles. The number of benzene rings is 1. The van der Waals surface area contributed by atoms with Crippen molar-refractivity contribution in [2.75, 3.05) is 13.2 Å². The maximum absolute atomic E-state index is 12.2. The quantitative estimate of drug-likeness (QED) is 0.368. The van der Waals surface area contributed by atoms with Crippen LogP contribution in [-0.2, 0) is 19.6 Å². The summed E-state index contributed by atoms with van der Waals surface area (Å²) in [6.45, 7) is 7.99. The Morgan fingerprint density at radius 3 is 1.96 bits per heavy atom. The second kappa shape index (κ2) is 11.5. The molecule has 0 aliphatic heterocycles. The van der Waals surface area contributed by atoms with E-state index in [1.807, 2.05) is 27.7 Å². The summed E-state index contributed by atoms with van der Waals surface area (Å²) in [7, 11) is -4.72. The van der Waals surface area contributed by atoms with E-state index in [4.69, 9.17) is 9.47 Å². The number of esters is 2. The Morgan fingerprint density at radius 2 is 1.52 bits per heavy atom. The second-order valence-corrected chi connectivity index (χ2v) is 7.80. The number of ether oxygens (including phenoxy) is 2. The van der Waals surface area contributed by atoms with E-state index < -0.39 is 27.0 Å². The maximum atomic E-state index is 12.2. The Bertz CT molecular complexity index is 752. The third-order valence-electron chi connectivity index (χ3n) is 4.11. The van der Waals surface area contributed by atoms with Crippen LogP contribution in [0.2, 0.25) is 0 Å². The van der Waals surface area contributed by atoms with Gasteiger partial charge in [0.05, 0.1) is 24.3 Å². The summed E-state index contributed by atoms with van der Waals surface area (Å²) in [6, 6.07) is 3.34. The molecular weight excluding hydrogens is 367 g/mol. The second-order valence-electron chi connectivity index (χ2n) is 6.41. The fourth-order valence-electron chi connectivity index (χ4n) is 1.86. The van der Waals surface area contributed by atoms with Crippen LogP contribution in [0, 0.1) is 11.8 Å². The van der Waals surface area contributed by atoms with E-state index in [9.17, 15) is 22.6 Å². The molecule has 0 aliphatic carbocycles. The van der Waals surface area contributed by atoms with E-state index in [1.165, 1.54) is 6.07 Å². The molecule has 0 bridgehead atoms. The Labute approximate surface area is 174 Å². The molecule has 148 valence electrons. The van der Waals surface area contributed by atoms with Gasteiger partial charge in [-0.15, -0.1) is 0 Å². The molecule has 27 heavy (non-hydrogen) atoms. The van der Waals surface area contributed by atoms with Gasteiger partial charge in [-0.25, -0.2) is 9.59 Å². The zero-order valence-electron chi connectivity index (χ0n) is 17.5. The van der Waals surface area contributed by atoms with E-state index >= 15 is 0 Å².